The summed E-state index contributed by atoms with van der Waals surface area (Å²) in [7, 11) is 0. The first kappa shape index (κ1) is 16.3. The molecule has 0 aromatic rings. The van der Waals surface area contributed by atoms with E-state index in [-0.39, 0.29) is 0 Å². The maximum absolute atomic E-state index is 6.27. The lowest BCUT2D eigenvalue weighted by atomic mass is 9.66. The molecule has 2 rings (SSSR count). The number of likely N-dealkylation sites (tertiary alicyclic amines) is 1. The van der Waals surface area contributed by atoms with Crippen molar-refractivity contribution in [3.05, 3.63) is 0 Å². The van der Waals surface area contributed by atoms with E-state index in [0.717, 1.165) is 12.5 Å². The summed E-state index contributed by atoms with van der Waals surface area (Å²) in [6, 6.07) is 0. The zero-order valence-electron chi connectivity index (χ0n) is 14.5. The van der Waals surface area contributed by atoms with Gasteiger partial charge in [0, 0.05) is 12.1 Å². The summed E-state index contributed by atoms with van der Waals surface area (Å²) < 4.78 is 0. The molecule has 0 aromatic carbocycles. The lowest BCUT2D eigenvalue weighted by Crippen LogP contribution is -2.60. The summed E-state index contributed by atoms with van der Waals surface area (Å²) in [6.45, 7) is 15.4. The van der Waals surface area contributed by atoms with E-state index in [1.165, 1.54) is 51.6 Å². The topological polar surface area (TPSA) is 29.3 Å². The van der Waals surface area contributed by atoms with Gasteiger partial charge in [0.2, 0.25) is 0 Å². The van der Waals surface area contributed by atoms with Crippen molar-refractivity contribution in [2.75, 3.05) is 19.6 Å². The first-order valence-corrected chi connectivity index (χ1v) is 8.64. The molecule has 2 heteroatoms. The quantitative estimate of drug-likeness (QED) is 0.827. The molecule has 2 N–H and O–H groups in total. The molecular weight excluding hydrogens is 244 g/mol. The highest BCUT2D eigenvalue weighted by Gasteiger charge is 2.44. The van der Waals surface area contributed by atoms with Gasteiger partial charge in [0.1, 0.15) is 0 Å². The van der Waals surface area contributed by atoms with Gasteiger partial charge in [-0.05, 0) is 61.9 Å². The minimum atomic E-state index is 0.296. The molecule has 0 radical (unpaired) electrons. The average Bonchev–Trinajstić information content (AvgIpc) is 2.36. The largest absolute Gasteiger partial charge is 0.329 e. The van der Waals surface area contributed by atoms with Gasteiger partial charge in [-0.25, -0.2) is 0 Å². The number of hydrogen-bond acceptors (Lipinski definition) is 2. The molecule has 0 aromatic heterocycles. The van der Waals surface area contributed by atoms with Crippen LogP contribution in [0.1, 0.15) is 73.1 Å². The van der Waals surface area contributed by atoms with Crippen LogP contribution in [0, 0.1) is 16.7 Å². The van der Waals surface area contributed by atoms with E-state index < -0.39 is 0 Å². The molecule has 20 heavy (non-hydrogen) atoms. The Labute approximate surface area is 126 Å². The van der Waals surface area contributed by atoms with E-state index in [4.69, 9.17) is 5.73 Å². The molecule has 1 saturated carbocycles. The van der Waals surface area contributed by atoms with Crippen molar-refractivity contribution in [2.24, 2.45) is 22.5 Å². The van der Waals surface area contributed by atoms with E-state index in [0.29, 0.717) is 16.4 Å². The first-order valence-electron chi connectivity index (χ1n) is 8.64. The Morgan fingerprint density at radius 3 is 2.15 bits per heavy atom. The van der Waals surface area contributed by atoms with Gasteiger partial charge in [-0.15, -0.1) is 0 Å². The van der Waals surface area contributed by atoms with Gasteiger partial charge in [-0.1, -0.05) is 41.0 Å². The number of nitrogens with zero attached hydrogens (tertiary/aromatic N) is 1. The first-order chi connectivity index (χ1) is 9.19. The van der Waals surface area contributed by atoms with Gasteiger partial charge in [-0.3, -0.25) is 4.90 Å². The van der Waals surface area contributed by atoms with Crippen LogP contribution in [0.15, 0.2) is 0 Å². The van der Waals surface area contributed by atoms with Crippen LogP contribution in [0.25, 0.3) is 0 Å². The normalized spacial score (nSPS) is 33.3. The Bertz CT molecular complexity index is 321. The van der Waals surface area contributed by atoms with Crippen molar-refractivity contribution in [3.8, 4) is 0 Å². The summed E-state index contributed by atoms with van der Waals surface area (Å²) in [4.78, 5) is 2.76. The second kappa shape index (κ2) is 5.61. The fraction of sp³-hybridized carbons (Fsp3) is 1.00. The molecule has 1 unspecified atom stereocenters. The second-order valence-electron chi connectivity index (χ2n) is 9.25. The highest BCUT2D eigenvalue weighted by molar-refractivity contribution is 5.00. The standard InChI is InChI=1S/C18H36N2/c1-16(2,3)15-7-11-20(12-8-15)18(14-19)10-6-9-17(4,5)13-18/h15H,6-14,19H2,1-5H3. The zero-order valence-corrected chi connectivity index (χ0v) is 14.5. The van der Waals surface area contributed by atoms with Crippen molar-refractivity contribution in [1.29, 1.82) is 0 Å². The molecule has 2 nitrogen and oxygen atoms in total. The van der Waals surface area contributed by atoms with Gasteiger partial charge in [0.15, 0.2) is 0 Å². The van der Waals surface area contributed by atoms with E-state index >= 15 is 0 Å². The SMILES string of the molecule is CC1(C)CCCC(CN)(N2CCC(C(C)(C)C)CC2)C1. The van der Waals surface area contributed by atoms with Crippen molar-refractivity contribution in [2.45, 2.75) is 78.7 Å². The Kier molecular flexibility index (Phi) is 4.57. The minimum Gasteiger partial charge on any atom is -0.329 e. The summed E-state index contributed by atoms with van der Waals surface area (Å²) in [5.41, 5.74) is 7.50. The summed E-state index contributed by atoms with van der Waals surface area (Å²) in [5.74, 6) is 0.880. The molecule has 1 atom stereocenters. The van der Waals surface area contributed by atoms with Crippen molar-refractivity contribution in [1.82, 2.24) is 4.90 Å². The fourth-order valence-electron chi connectivity index (χ4n) is 4.76. The van der Waals surface area contributed by atoms with E-state index in [2.05, 4.69) is 39.5 Å². The third kappa shape index (κ3) is 3.39. The molecule has 1 aliphatic carbocycles. The molecule has 2 fully saturated rings. The molecule has 1 saturated heterocycles. The Balaban J connectivity index is 2.03. The van der Waals surface area contributed by atoms with Crippen molar-refractivity contribution < 1.29 is 0 Å². The molecule has 0 spiro atoms. The monoisotopic (exact) mass is 280 g/mol. The smallest absolute Gasteiger partial charge is 0.0336 e. The molecule has 1 heterocycles. The molecule has 0 amide bonds. The van der Waals surface area contributed by atoms with E-state index in [9.17, 15) is 0 Å². The number of nitrogens with two attached hydrogens (primary N) is 1. The van der Waals surface area contributed by atoms with Crippen LogP contribution >= 0.6 is 0 Å². The van der Waals surface area contributed by atoms with Crippen LogP contribution < -0.4 is 5.73 Å². The fourth-order valence-corrected chi connectivity index (χ4v) is 4.76. The predicted octanol–water partition coefficient (Wildman–Crippen LogP) is 4.04. The molecular formula is C18H36N2. The molecule has 1 aliphatic heterocycles. The number of hydrogen-bond donors (Lipinski definition) is 1. The maximum atomic E-state index is 6.27. The number of piperidine rings is 1. The Morgan fingerprint density at radius 2 is 1.70 bits per heavy atom. The highest BCUT2D eigenvalue weighted by Crippen LogP contribution is 2.45. The summed E-state index contributed by atoms with van der Waals surface area (Å²) in [5, 5.41) is 0. The van der Waals surface area contributed by atoms with Gasteiger partial charge < -0.3 is 5.73 Å². The Hall–Kier alpha value is -0.0800. The molecule has 118 valence electrons. The van der Waals surface area contributed by atoms with Crippen LogP contribution in [0.4, 0.5) is 0 Å². The van der Waals surface area contributed by atoms with Crippen LogP contribution in [-0.2, 0) is 0 Å². The van der Waals surface area contributed by atoms with Gasteiger partial charge in [-0.2, -0.15) is 0 Å². The van der Waals surface area contributed by atoms with Crippen LogP contribution in [0.2, 0.25) is 0 Å². The average molecular weight is 281 g/mol. The van der Waals surface area contributed by atoms with Crippen molar-refractivity contribution in [3.63, 3.8) is 0 Å². The van der Waals surface area contributed by atoms with Crippen LogP contribution in [-0.4, -0.2) is 30.1 Å². The summed E-state index contributed by atoms with van der Waals surface area (Å²) in [6.07, 6.45) is 8.03. The van der Waals surface area contributed by atoms with E-state index in [1.807, 2.05) is 0 Å². The lowest BCUT2D eigenvalue weighted by molar-refractivity contribution is -0.0221. The maximum Gasteiger partial charge on any atom is 0.0336 e. The minimum absolute atomic E-state index is 0.296. The highest BCUT2D eigenvalue weighted by atomic mass is 15.2. The second-order valence-corrected chi connectivity index (χ2v) is 9.25. The van der Waals surface area contributed by atoms with Gasteiger partial charge in [0.05, 0.1) is 0 Å². The van der Waals surface area contributed by atoms with Gasteiger partial charge in [0.25, 0.3) is 0 Å². The zero-order chi connectivity index (χ0) is 15.0. The third-order valence-electron chi connectivity index (χ3n) is 6.07. The predicted molar refractivity (Wildman–Crippen MR) is 87.8 cm³/mol. The third-order valence-corrected chi connectivity index (χ3v) is 6.07. The number of rotatable bonds is 2. The van der Waals surface area contributed by atoms with Crippen LogP contribution in [0.5, 0.6) is 0 Å². The lowest BCUT2D eigenvalue weighted by Gasteiger charge is -2.53. The van der Waals surface area contributed by atoms with Crippen LogP contribution in [0.3, 0.4) is 0 Å². The molecule has 0 bridgehead atoms. The van der Waals surface area contributed by atoms with E-state index in [1.54, 1.807) is 0 Å². The van der Waals surface area contributed by atoms with Crippen molar-refractivity contribution >= 4 is 0 Å². The Morgan fingerprint density at radius 1 is 1.10 bits per heavy atom. The molecule has 2 aliphatic rings. The summed E-state index contributed by atoms with van der Waals surface area (Å²) >= 11 is 0. The van der Waals surface area contributed by atoms with Gasteiger partial charge >= 0.3 is 0 Å².